The van der Waals surface area contributed by atoms with Crippen LogP contribution >= 0.6 is 7.82 Å². The zero-order valence-electron chi connectivity index (χ0n) is 41.8. The minimum absolute atomic E-state index is 0.000720. The molecule has 2 N–H and O–H groups in total. The highest BCUT2D eigenvalue weighted by atomic mass is 31.2. The highest BCUT2D eigenvalue weighted by Gasteiger charge is 2.23. The molecule has 0 heterocycles. The van der Waals surface area contributed by atoms with E-state index in [2.05, 4.69) is 24.4 Å². The molecule has 0 aromatic rings. The highest BCUT2D eigenvalue weighted by Crippen LogP contribution is 2.38. The van der Waals surface area contributed by atoms with Crippen molar-refractivity contribution in [3.05, 3.63) is 24.3 Å². The third kappa shape index (κ3) is 47.0. The number of hydrogen-bond donors (Lipinski definition) is 2. The summed E-state index contributed by atoms with van der Waals surface area (Å²) in [7, 11) is 1.26. The number of quaternary nitrogens is 1. The average Bonchev–Trinajstić information content (AvgIpc) is 3.23. The number of hydrogen-bond acceptors (Lipinski definition) is 6. The number of carbonyl (C=O) groups excluding carboxylic acids is 1. The van der Waals surface area contributed by atoms with Crippen molar-refractivity contribution >= 4 is 13.7 Å². The maximum Gasteiger partial charge on any atom is 0.268 e. The standard InChI is InChI=1S/C53H105N2O6P/c1-6-8-10-11-12-13-14-15-16-17-18-19-20-21-22-23-24-25-26-27-28-29-30-31-32-33-34-35-36-37-38-39-40-41-42-43-45-47-53(57)54-51(52(56)46-44-9-7-2)50-61-62(58,59)60-49-48-55(3,4)5/h17-18,44,46,51-52,56H,6-16,19-43,45,47-50H2,1-5H3,(H-,54,57,58,59)/b18-17-,46-44+. The third-order valence-electron chi connectivity index (χ3n) is 12.1. The number of unbranched alkanes of at least 4 members (excludes halogenated alkanes) is 34. The summed E-state index contributed by atoms with van der Waals surface area (Å²) in [5.74, 6) is -0.205. The van der Waals surface area contributed by atoms with E-state index in [0.717, 1.165) is 32.1 Å². The van der Waals surface area contributed by atoms with Crippen molar-refractivity contribution in [2.45, 2.75) is 270 Å². The van der Waals surface area contributed by atoms with E-state index in [4.69, 9.17) is 9.05 Å². The first-order chi connectivity index (χ1) is 30.0. The van der Waals surface area contributed by atoms with Crippen LogP contribution in [-0.4, -0.2) is 68.5 Å². The topological polar surface area (TPSA) is 108 Å². The molecule has 0 aliphatic carbocycles. The predicted octanol–water partition coefficient (Wildman–Crippen LogP) is 15.0. The maximum atomic E-state index is 12.7. The molecule has 9 heteroatoms. The zero-order valence-corrected chi connectivity index (χ0v) is 42.7. The van der Waals surface area contributed by atoms with Gasteiger partial charge >= 0.3 is 0 Å². The summed E-state index contributed by atoms with van der Waals surface area (Å²) in [5.41, 5.74) is 0. The van der Waals surface area contributed by atoms with Crippen molar-refractivity contribution in [1.82, 2.24) is 5.32 Å². The predicted molar refractivity (Wildman–Crippen MR) is 265 cm³/mol. The van der Waals surface area contributed by atoms with Gasteiger partial charge in [0.15, 0.2) is 0 Å². The van der Waals surface area contributed by atoms with Crippen LogP contribution in [0.2, 0.25) is 0 Å². The number of phosphoric ester groups is 1. The van der Waals surface area contributed by atoms with Crippen molar-refractivity contribution in [3.8, 4) is 0 Å². The van der Waals surface area contributed by atoms with Crippen molar-refractivity contribution in [3.63, 3.8) is 0 Å². The number of carbonyl (C=O) groups is 1. The van der Waals surface area contributed by atoms with Gasteiger partial charge in [0.25, 0.3) is 7.82 Å². The van der Waals surface area contributed by atoms with Gasteiger partial charge in [0.1, 0.15) is 13.2 Å². The van der Waals surface area contributed by atoms with Crippen LogP contribution in [0.1, 0.15) is 258 Å². The van der Waals surface area contributed by atoms with Gasteiger partial charge in [0.2, 0.25) is 5.91 Å². The summed E-state index contributed by atoms with van der Waals surface area (Å²) in [6, 6.07) is -0.878. The first-order valence-electron chi connectivity index (χ1n) is 26.7. The number of nitrogens with one attached hydrogen (secondary N) is 1. The van der Waals surface area contributed by atoms with E-state index in [1.807, 2.05) is 34.1 Å². The number of nitrogens with zero attached hydrogens (tertiary/aromatic N) is 1. The molecule has 368 valence electrons. The third-order valence-corrected chi connectivity index (χ3v) is 13.1. The van der Waals surface area contributed by atoms with Gasteiger partial charge in [-0.1, -0.05) is 237 Å². The van der Waals surface area contributed by atoms with Gasteiger partial charge < -0.3 is 28.8 Å². The lowest BCUT2D eigenvalue weighted by atomic mass is 10.0. The van der Waals surface area contributed by atoms with Crippen LogP contribution in [-0.2, 0) is 18.4 Å². The molecule has 0 spiro atoms. The van der Waals surface area contributed by atoms with E-state index < -0.39 is 20.0 Å². The second kappa shape index (κ2) is 45.1. The molecule has 0 fully saturated rings. The molecule has 1 amide bonds. The van der Waals surface area contributed by atoms with Crippen LogP contribution in [0.3, 0.4) is 0 Å². The summed E-state index contributed by atoms with van der Waals surface area (Å²) in [4.78, 5) is 25.0. The summed E-state index contributed by atoms with van der Waals surface area (Å²) in [6.45, 7) is 4.44. The first-order valence-corrected chi connectivity index (χ1v) is 28.2. The summed E-state index contributed by atoms with van der Waals surface area (Å²) < 4.78 is 22.9. The fourth-order valence-electron chi connectivity index (χ4n) is 7.92. The zero-order chi connectivity index (χ0) is 45.7. The van der Waals surface area contributed by atoms with Gasteiger partial charge in [0.05, 0.1) is 39.9 Å². The molecule has 0 bridgehead atoms. The molecule has 0 saturated heterocycles. The van der Waals surface area contributed by atoms with Crippen LogP contribution < -0.4 is 10.2 Å². The molecule has 3 unspecified atom stereocenters. The van der Waals surface area contributed by atoms with Gasteiger partial charge in [-0.25, -0.2) is 0 Å². The molecule has 3 atom stereocenters. The van der Waals surface area contributed by atoms with Gasteiger partial charge in [0, 0.05) is 6.42 Å². The van der Waals surface area contributed by atoms with E-state index >= 15 is 0 Å². The van der Waals surface area contributed by atoms with Gasteiger partial charge in [-0.2, -0.15) is 0 Å². The second-order valence-electron chi connectivity index (χ2n) is 19.6. The van der Waals surface area contributed by atoms with E-state index in [9.17, 15) is 19.4 Å². The summed E-state index contributed by atoms with van der Waals surface area (Å²) in [6.07, 6.45) is 56.7. The Morgan fingerprint density at radius 2 is 0.919 bits per heavy atom. The molecule has 0 rings (SSSR count). The van der Waals surface area contributed by atoms with Crippen LogP contribution in [0.5, 0.6) is 0 Å². The number of allylic oxidation sites excluding steroid dienone is 3. The van der Waals surface area contributed by atoms with E-state index in [1.54, 1.807) is 6.08 Å². The Hall–Kier alpha value is -1.02. The fraction of sp³-hybridized carbons (Fsp3) is 0.906. The SMILES string of the molecule is CCC/C=C/C(O)C(COP(=O)([O-])OCC[N+](C)(C)C)NC(=O)CCCCCCCCCCCCCCCCCCCCCCCCCCC/C=C\CCCCCCCCCC. The smallest absolute Gasteiger partial charge is 0.268 e. The van der Waals surface area contributed by atoms with Crippen LogP contribution in [0.15, 0.2) is 24.3 Å². The molecule has 8 nitrogen and oxygen atoms in total. The number of aliphatic hydroxyl groups is 1. The Labute approximate surface area is 385 Å². The van der Waals surface area contributed by atoms with Gasteiger partial charge in [-0.15, -0.1) is 0 Å². The van der Waals surface area contributed by atoms with E-state index in [1.165, 1.54) is 205 Å². The Morgan fingerprint density at radius 1 is 0.548 bits per heavy atom. The Kier molecular flexibility index (Phi) is 44.4. The largest absolute Gasteiger partial charge is 0.756 e. The summed E-state index contributed by atoms with van der Waals surface area (Å²) >= 11 is 0. The molecule has 0 saturated carbocycles. The minimum atomic E-state index is -4.56. The summed E-state index contributed by atoms with van der Waals surface area (Å²) in [5, 5.41) is 13.4. The van der Waals surface area contributed by atoms with E-state index in [0.29, 0.717) is 17.4 Å². The Morgan fingerprint density at radius 3 is 1.29 bits per heavy atom. The van der Waals surface area contributed by atoms with E-state index in [-0.39, 0.29) is 19.1 Å². The Balaban J connectivity index is 3.60. The molecule has 62 heavy (non-hydrogen) atoms. The lowest BCUT2D eigenvalue weighted by molar-refractivity contribution is -0.870. The molecular weight excluding hydrogens is 792 g/mol. The highest BCUT2D eigenvalue weighted by molar-refractivity contribution is 7.45. The van der Waals surface area contributed by atoms with Crippen molar-refractivity contribution < 1.29 is 32.9 Å². The quantitative estimate of drug-likeness (QED) is 0.0273. The minimum Gasteiger partial charge on any atom is -0.756 e. The molecule has 0 radical (unpaired) electrons. The molecule has 0 aliphatic heterocycles. The molecule has 0 aromatic heterocycles. The number of aliphatic hydroxyl groups excluding tert-OH is 1. The first kappa shape index (κ1) is 61.0. The van der Waals surface area contributed by atoms with Crippen molar-refractivity contribution in [1.29, 1.82) is 0 Å². The van der Waals surface area contributed by atoms with Crippen molar-refractivity contribution in [2.75, 3.05) is 40.9 Å². The van der Waals surface area contributed by atoms with Crippen LogP contribution in [0.4, 0.5) is 0 Å². The van der Waals surface area contributed by atoms with Crippen LogP contribution in [0, 0.1) is 0 Å². The lowest BCUT2D eigenvalue weighted by Crippen LogP contribution is -2.45. The number of rotatable bonds is 49. The lowest BCUT2D eigenvalue weighted by Gasteiger charge is -2.29. The van der Waals surface area contributed by atoms with Crippen LogP contribution in [0.25, 0.3) is 0 Å². The van der Waals surface area contributed by atoms with Gasteiger partial charge in [-0.3, -0.25) is 9.36 Å². The fourth-order valence-corrected chi connectivity index (χ4v) is 8.64. The molecule has 0 aliphatic rings. The monoisotopic (exact) mass is 897 g/mol. The van der Waals surface area contributed by atoms with Crippen molar-refractivity contribution in [2.24, 2.45) is 0 Å². The maximum absolute atomic E-state index is 12.7. The number of phosphoric acid groups is 1. The number of amides is 1. The normalized spacial score (nSPS) is 14.2. The second-order valence-corrected chi connectivity index (χ2v) is 21.0. The molecule has 0 aromatic carbocycles. The molecular formula is C53H105N2O6P. The average molecular weight is 897 g/mol. The number of likely N-dealkylation sites (N-methyl/N-ethyl adjacent to an activating group) is 1. The van der Waals surface area contributed by atoms with Gasteiger partial charge in [-0.05, 0) is 38.5 Å². The Bertz CT molecular complexity index is 1060.